The van der Waals surface area contributed by atoms with E-state index in [2.05, 4.69) is 15.3 Å². The lowest BCUT2D eigenvalue weighted by molar-refractivity contribution is 0.428. The van der Waals surface area contributed by atoms with E-state index in [4.69, 9.17) is 17.3 Å². The van der Waals surface area contributed by atoms with Crippen LogP contribution in [-0.2, 0) is 13.0 Å². The lowest BCUT2D eigenvalue weighted by Crippen LogP contribution is -2.24. The van der Waals surface area contributed by atoms with E-state index in [-0.39, 0.29) is 24.8 Å². The average molecular weight is 470 g/mol. The summed E-state index contributed by atoms with van der Waals surface area (Å²) in [6.45, 7) is 0.130. The van der Waals surface area contributed by atoms with Crippen LogP contribution in [-0.4, -0.2) is 22.7 Å². The van der Waals surface area contributed by atoms with Gasteiger partial charge < -0.3 is 11.1 Å². The van der Waals surface area contributed by atoms with Crippen molar-refractivity contribution >= 4 is 75.0 Å². The molecule has 1 saturated carbocycles. The Balaban J connectivity index is 0.00000131. The van der Waals surface area contributed by atoms with Gasteiger partial charge in [-0.15, -0.1) is 47.5 Å². The highest BCUT2D eigenvalue weighted by molar-refractivity contribution is 7.20. The fraction of sp³-hybridized carbons (Fsp3) is 0.412. The molecular formula is C17H20Cl3FN4S2. The fourth-order valence-corrected chi connectivity index (χ4v) is 5.14. The minimum atomic E-state index is -0.512. The molecule has 3 heterocycles. The zero-order valence-electron chi connectivity index (χ0n) is 14.3. The molecule has 0 aromatic carbocycles. The summed E-state index contributed by atoms with van der Waals surface area (Å²) in [6, 6.07) is 1.39. The number of halogens is 4. The normalized spacial score (nSPS) is 14.5. The van der Waals surface area contributed by atoms with Crippen LogP contribution < -0.4 is 11.1 Å². The van der Waals surface area contributed by atoms with Crippen LogP contribution in [0.4, 0.5) is 10.1 Å². The molecule has 0 amide bonds. The van der Waals surface area contributed by atoms with Gasteiger partial charge in [-0.25, -0.2) is 14.4 Å². The zero-order valence-corrected chi connectivity index (χ0v) is 18.3. The molecule has 0 radical (unpaired) electrons. The first kappa shape index (κ1) is 22.6. The molecule has 4 nitrogen and oxygen atoms in total. The second-order valence-corrected chi connectivity index (χ2v) is 8.75. The van der Waals surface area contributed by atoms with Crippen LogP contribution in [0.2, 0.25) is 5.15 Å². The molecule has 27 heavy (non-hydrogen) atoms. The van der Waals surface area contributed by atoms with Gasteiger partial charge in [0, 0.05) is 28.6 Å². The first-order chi connectivity index (χ1) is 12.2. The van der Waals surface area contributed by atoms with Crippen LogP contribution >= 0.6 is 59.1 Å². The molecule has 4 rings (SSSR count). The number of aromatic nitrogens is 2. The molecule has 0 spiro atoms. The Hall–Kier alpha value is -0.700. The van der Waals surface area contributed by atoms with Crippen molar-refractivity contribution in [2.45, 2.75) is 37.8 Å². The van der Waals surface area contributed by atoms with Crippen molar-refractivity contribution in [3.8, 4) is 0 Å². The summed E-state index contributed by atoms with van der Waals surface area (Å²) in [5.41, 5.74) is 9.00. The Morgan fingerprint density at radius 2 is 2.15 bits per heavy atom. The molecule has 0 aliphatic heterocycles. The van der Waals surface area contributed by atoms with E-state index >= 15 is 0 Å². The second kappa shape index (κ2) is 9.67. The summed E-state index contributed by atoms with van der Waals surface area (Å²) in [5, 5.41) is 6.87. The molecule has 148 valence electrons. The van der Waals surface area contributed by atoms with Gasteiger partial charge in [0.05, 0.1) is 22.4 Å². The molecular weight excluding hydrogens is 450 g/mol. The van der Waals surface area contributed by atoms with E-state index in [9.17, 15) is 4.39 Å². The number of pyridine rings is 1. The fourth-order valence-electron chi connectivity index (χ4n) is 2.98. The number of hydrogen-bond donors (Lipinski definition) is 2. The number of rotatable bonds is 7. The Morgan fingerprint density at radius 1 is 1.37 bits per heavy atom. The molecule has 1 aliphatic carbocycles. The summed E-state index contributed by atoms with van der Waals surface area (Å²) in [6.07, 6.45) is 4.65. The highest BCUT2D eigenvalue weighted by Gasteiger charge is 2.31. The van der Waals surface area contributed by atoms with E-state index in [1.807, 2.05) is 11.4 Å². The number of thiophene rings is 1. The Kier molecular flexibility index (Phi) is 8.09. The number of nitrogens with two attached hydrogens (primary N) is 1. The van der Waals surface area contributed by atoms with Crippen LogP contribution in [0, 0.1) is 0 Å². The van der Waals surface area contributed by atoms with Crippen LogP contribution in [0.25, 0.3) is 10.2 Å². The molecule has 0 unspecified atom stereocenters. The summed E-state index contributed by atoms with van der Waals surface area (Å²) in [4.78, 5) is 10.0. The molecule has 3 N–H and O–H groups in total. The van der Waals surface area contributed by atoms with E-state index in [1.165, 1.54) is 5.56 Å². The maximum atomic E-state index is 12.9. The first-order valence-corrected chi connectivity index (χ1v) is 10.3. The number of alkyl halides is 1. The standard InChI is InChI=1S/C17H18ClFN4S2.2ClH/c18-13-6-11(22-8-14-21-3-4-24-14)17-16(23-13)15(9-1-2-9)12(25-17)5-10(20)7-19;;/h3-4,6,9-10H,1-2,5,7-8,20H2,(H,22,23);2*1H/t10-;;/m1../s1. The maximum absolute atomic E-state index is 12.9. The molecule has 1 aliphatic rings. The van der Waals surface area contributed by atoms with Gasteiger partial charge in [-0.3, -0.25) is 0 Å². The van der Waals surface area contributed by atoms with Gasteiger partial charge in [-0.1, -0.05) is 11.6 Å². The first-order valence-electron chi connectivity index (χ1n) is 8.21. The molecule has 3 aromatic rings. The van der Waals surface area contributed by atoms with Crippen molar-refractivity contribution in [3.63, 3.8) is 0 Å². The Bertz CT molecular complexity index is 884. The number of hydrogen-bond acceptors (Lipinski definition) is 6. The van der Waals surface area contributed by atoms with E-state index in [1.54, 1.807) is 28.9 Å². The third-order valence-corrected chi connectivity index (χ3v) is 6.49. The Morgan fingerprint density at radius 3 is 2.78 bits per heavy atom. The average Bonchev–Trinajstić information content (AvgIpc) is 3.16. The summed E-state index contributed by atoms with van der Waals surface area (Å²) in [5.74, 6) is 0.508. The van der Waals surface area contributed by atoms with Crippen molar-refractivity contribution in [2.75, 3.05) is 12.0 Å². The van der Waals surface area contributed by atoms with E-state index in [0.717, 1.165) is 38.6 Å². The van der Waals surface area contributed by atoms with Gasteiger partial charge in [0.2, 0.25) is 0 Å². The summed E-state index contributed by atoms with van der Waals surface area (Å²) < 4.78 is 14.0. The topological polar surface area (TPSA) is 63.8 Å². The van der Waals surface area contributed by atoms with Crippen molar-refractivity contribution in [2.24, 2.45) is 5.73 Å². The van der Waals surface area contributed by atoms with Crippen molar-refractivity contribution in [3.05, 3.63) is 38.2 Å². The molecule has 0 bridgehead atoms. The number of nitrogens with one attached hydrogen (secondary N) is 1. The number of thiazole rings is 1. The molecule has 1 atom stereocenters. The lowest BCUT2D eigenvalue weighted by atomic mass is 10.1. The second-order valence-electron chi connectivity index (χ2n) is 6.28. The monoisotopic (exact) mass is 468 g/mol. The van der Waals surface area contributed by atoms with E-state index < -0.39 is 12.7 Å². The van der Waals surface area contributed by atoms with Crippen LogP contribution in [0.15, 0.2) is 17.6 Å². The molecule has 10 heteroatoms. The highest BCUT2D eigenvalue weighted by atomic mass is 35.5. The lowest BCUT2D eigenvalue weighted by Gasteiger charge is -2.07. The third-order valence-electron chi connectivity index (χ3n) is 4.27. The summed E-state index contributed by atoms with van der Waals surface area (Å²) in [7, 11) is 0. The predicted octanol–water partition coefficient (Wildman–Crippen LogP) is 5.58. The smallest absolute Gasteiger partial charge is 0.131 e. The van der Waals surface area contributed by atoms with Gasteiger partial charge >= 0.3 is 0 Å². The molecule has 0 saturated heterocycles. The highest BCUT2D eigenvalue weighted by Crippen LogP contribution is 2.49. The Labute approximate surface area is 182 Å². The third kappa shape index (κ3) is 5.02. The molecule has 1 fully saturated rings. The van der Waals surface area contributed by atoms with Gasteiger partial charge in [0.15, 0.2) is 0 Å². The number of anilines is 1. The van der Waals surface area contributed by atoms with E-state index in [0.29, 0.717) is 24.0 Å². The van der Waals surface area contributed by atoms with Gasteiger partial charge in [0.25, 0.3) is 0 Å². The van der Waals surface area contributed by atoms with Crippen LogP contribution in [0.1, 0.15) is 34.2 Å². The van der Waals surface area contributed by atoms with Crippen LogP contribution in [0.3, 0.4) is 0 Å². The predicted molar refractivity (Wildman–Crippen MR) is 118 cm³/mol. The minimum absolute atomic E-state index is 0. The molecule has 3 aromatic heterocycles. The van der Waals surface area contributed by atoms with Crippen molar-refractivity contribution < 1.29 is 4.39 Å². The number of fused-ring (bicyclic) bond motifs is 1. The SMILES string of the molecule is Cl.Cl.N[C@@H](CF)Cc1sc2c(NCc3nccs3)cc(Cl)nc2c1C1CC1. The zero-order chi connectivity index (χ0) is 17.4. The summed E-state index contributed by atoms with van der Waals surface area (Å²) >= 11 is 9.55. The van der Waals surface area contributed by atoms with Crippen molar-refractivity contribution in [1.82, 2.24) is 9.97 Å². The van der Waals surface area contributed by atoms with Gasteiger partial charge in [-0.05, 0) is 30.7 Å². The minimum Gasteiger partial charge on any atom is -0.377 e. The largest absolute Gasteiger partial charge is 0.377 e. The van der Waals surface area contributed by atoms with Crippen molar-refractivity contribution in [1.29, 1.82) is 0 Å². The quantitative estimate of drug-likeness (QED) is 0.443. The van der Waals surface area contributed by atoms with Gasteiger partial charge in [0.1, 0.15) is 16.8 Å². The van der Waals surface area contributed by atoms with Crippen LogP contribution in [0.5, 0.6) is 0 Å². The number of nitrogens with zero attached hydrogens (tertiary/aromatic N) is 2. The maximum Gasteiger partial charge on any atom is 0.131 e. The van der Waals surface area contributed by atoms with Gasteiger partial charge in [-0.2, -0.15) is 0 Å².